The van der Waals surface area contributed by atoms with Gasteiger partial charge in [-0.3, -0.25) is 9.59 Å². The first-order chi connectivity index (χ1) is 29.6. The van der Waals surface area contributed by atoms with Crippen molar-refractivity contribution in [1.82, 2.24) is 4.40 Å². The molecule has 3 aromatic heterocycles. The van der Waals surface area contributed by atoms with Gasteiger partial charge in [-0.1, -0.05) is 115 Å². The highest BCUT2D eigenvalue weighted by Crippen LogP contribution is 2.75. The van der Waals surface area contributed by atoms with Gasteiger partial charge < -0.3 is 4.40 Å². The Balaban J connectivity index is 1.02. The molecule has 0 N–H and O–H groups in total. The molecule has 0 aliphatic heterocycles. The third-order valence-electron chi connectivity index (χ3n) is 16.6. The van der Waals surface area contributed by atoms with Gasteiger partial charge in [0.25, 0.3) is 0 Å². The molecule has 6 aliphatic carbocycles. The lowest BCUT2D eigenvalue weighted by molar-refractivity contribution is 0.0839. The van der Waals surface area contributed by atoms with Crippen LogP contribution in [0.3, 0.4) is 0 Å². The number of fused-ring (bicyclic) bond motifs is 22. The van der Waals surface area contributed by atoms with E-state index in [2.05, 4.69) is 156 Å². The second kappa shape index (κ2) is 9.28. The van der Waals surface area contributed by atoms with Crippen molar-refractivity contribution in [2.75, 3.05) is 0 Å². The summed E-state index contributed by atoms with van der Waals surface area (Å²) in [6.45, 7) is 0. The number of thiophene rings is 1. The molecule has 6 unspecified atom stereocenters. The monoisotopic (exact) mass is 779 g/mol. The second-order valence-corrected chi connectivity index (χ2v) is 19.5. The minimum absolute atomic E-state index is 0.112. The van der Waals surface area contributed by atoms with Gasteiger partial charge in [0.15, 0.2) is 11.6 Å². The zero-order valence-corrected chi connectivity index (χ0v) is 32.7. The molecule has 276 valence electrons. The fourth-order valence-electron chi connectivity index (χ4n) is 14.7. The average molecular weight is 780 g/mol. The van der Waals surface area contributed by atoms with Crippen molar-refractivity contribution in [2.24, 2.45) is 0 Å². The minimum Gasteiger partial charge on any atom is -0.308 e. The number of ketones is 2. The van der Waals surface area contributed by atoms with Crippen LogP contribution in [-0.4, -0.2) is 16.0 Å². The fourth-order valence-corrected chi connectivity index (χ4v) is 15.9. The number of carbonyl (C=O) groups is 2. The summed E-state index contributed by atoms with van der Waals surface area (Å²) in [7, 11) is 0. The maximum atomic E-state index is 15.2. The molecular formula is C56H29NO2S. The lowest BCUT2D eigenvalue weighted by Crippen LogP contribution is -2.61. The fraction of sp³-hybridized carbons (Fsp3) is 0.107. The lowest BCUT2D eigenvalue weighted by atomic mass is 9.36. The first-order valence-electron chi connectivity index (χ1n) is 21.2. The van der Waals surface area contributed by atoms with Crippen LogP contribution in [-0.2, 0) is 10.8 Å². The van der Waals surface area contributed by atoms with E-state index in [9.17, 15) is 0 Å². The van der Waals surface area contributed by atoms with Crippen molar-refractivity contribution in [1.29, 1.82) is 0 Å². The summed E-state index contributed by atoms with van der Waals surface area (Å²) in [6, 6.07) is 55.5. The van der Waals surface area contributed by atoms with Crippen LogP contribution in [0.15, 0.2) is 152 Å². The van der Waals surface area contributed by atoms with Gasteiger partial charge in [0.1, 0.15) is 0 Å². The summed E-state index contributed by atoms with van der Waals surface area (Å²) < 4.78 is 4.99. The first kappa shape index (κ1) is 30.2. The van der Waals surface area contributed by atoms with Crippen molar-refractivity contribution < 1.29 is 9.59 Å². The van der Waals surface area contributed by atoms with Crippen molar-refractivity contribution >= 4 is 81.2 Å². The predicted molar refractivity (Wildman–Crippen MR) is 239 cm³/mol. The number of carbonyl (C=O) groups excluding carboxylic acids is 2. The van der Waals surface area contributed by atoms with E-state index in [1.807, 2.05) is 11.3 Å². The Labute approximate surface area is 346 Å². The SMILES string of the molecule is O=C1c2cc3c(cc2C2c4ccccc4C24c2ccccc2C14)c1cc2c4ccccc4sc2c2c4cc5c(cc4n3c12)C(=O)C1c2ccccc2C12c1ccccc1C52. The molecule has 4 heteroatoms. The van der Waals surface area contributed by atoms with E-state index in [1.54, 1.807) is 0 Å². The molecule has 6 atom stereocenters. The minimum atomic E-state index is -0.319. The smallest absolute Gasteiger partial charge is 0.171 e. The van der Waals surface area contributed by atoms with Crippen molar-refractivity contribution in [3.63, 3.8) is 0 Å². The number of benzene rings is 8. The largest absolute Gasteiger partial charge is 0.308 e. The Bertz CT molecular complexity index is 4000. The Morgan fingerprint density at radius 2 is 0.883 bits per heavy atom. The summed E-state index contributed by atoms with van der Waals surface area (Å²) in [5.74, 6) is 0.292. The maximum absolute atomic E-state index is 15.2. The van der Waals surface area contributed by atoms with E-state index in [0.29, 0.717) is 0 Å². The van der Waals surface area contributed by atoms with Crippen LogP contribution in [0, 0.1) is 0 Å². The molecule has 0 bridgehead atoms. The molecule has 0 fully saturated rings. The summed E-state index contributed by atoms with van der Waals surface area (Å²) in [4.78, 5) is 30.4. The Hall–Kier alpha value is -6.88. The van der Waals surface area contributed by atoms with Gasteiger partial charge in [-0.15, -0.1) is 11.3 Å². The van der Waals surface area contributed by atoms with Crippen molar-refractivity contribution in [3.05, 3.63) is 218 Å². The summed E-state index contributed by atoms with van der Waals surface area (Å²) in [6.07, 6.45) is 0. The molecule has 0 saturated heterocycles. The van der Waals surface area contributed by atoms with E-state index in [1.165, 1.54) is 91.7 Å². The van der Waals surface area contributed by atoms with Gasteiger partial charge in [-0.05, 0) is 92.0 Å². The zero-order valence-electron chi connectivity index (χ0n) is 31.9. The standard InChI is InChI=1S/C56H29NO2S/c58-52-35-24-43-31(21-32(35)47-27-12-1-6-16-39(27)55(47)41-18-8-3-14-29(41)49(52)55)34-23-37-26-11-5-10-20-45(26)60-54(37)46-38-22-33-36(25-44(38)57(43)51(34)46)53(59)50-30-15-4-9-19-42(30)56(50)40-17-7-2-13-28(40)48(33)56/h1-25,47-50H. The van der Waals surface area contributed by atoms with Gasteiger partial charge in [-0.25, -0.2) is 0 Å². The number of hydrogen-bond donors (Lipinski definition) is 0. The van der Waals surface area contributed by atoms with Crippen LogP contribution in [0.2, 0.25) is 0 Å². The molecule has 17 rings (SSSR count). The molecule has 0 amide bonds. The number of nitrogens with zero attached hydrogens (tertiary/aromatic N) is 1. The maximum Gasteiger partial charge on any atom is 0.171 e. The second-order valence-electron chi connectivity index (χ2n) is 18.4. The van der Waals surface area contributed by atoms with Gasteiger partial charge in [0, 0.05) is 75.5 Å². The van der Waals surface area contributed by atoms with Crippen LogP contribution in [0.5, 0.6) is 0 Å². The number of Topliss-reactive ketones (excluding diaryl/α,β-unsaturated/α-hetero) is 2. The van der Waals surface area contributed by atoms with E-state index in [0.717, 1.165) is 33.3 Å². The average Bonchev–Trinajstić information content (AvgIpc) is 3.90. The number of aromatic nitrogens is 1. The van der Waals surface area contributed by atoms with Crippen LogP contribution in [0.4, 0.5) is 0 Å². The Kier molecular flexibility index (Phi) is 4.67. The van der Waals surface area contributed by atoms with E-state index in [4.69, 9.17) is 0 Å². The summed E-state index contributed by atoms with van der Waals surface area (Å²) in [5, 5.41) is 7.37. The predicted octanol–water partition coefficient (Wildman–Crippen LogP) is 12.7. The molecule has 60 heavy (non-hydrogen) atoms. The quantitative estimate of drug-likeness (QED) is 0.154. The Morgan fingerprint density at radius 3 is 1.45 bits per heavy atom. The van der Waals surface area contributed by atoms with E-state index in [-0.39, 0.29) is 46.1 Å². The number of hydrogen-bond acceptors (Lipinski definition) is 3. The molecule has 3 nitrogen and oxygen atoms in total. The summed E-state index contributed by atoms with van der Waals surface area (Å²) in [5.41, 5.74) is 16.9. The molecule has 2 spiro atoms. The molecule has 11 aromatic rings. The van der Waals surface area contributed by atoms with Crippen molar-refractivity contribution in [2.45, 2.75) is 34.5 Å². The van der Waals surface area contributed by atoms with Gasteiger partial charge in [0.05, 0.1) is 28.4 Å². The topological polar surface area (TPSA) is 38.5 Å². The van der Waals surface area contributed by atoms with E-state index >= 15 is 9.59 Å². The third kappa shape index (κ3) is 2.75. The van der Waals surface area contributed by atoms with Gasteiger partial charge >= 0.3 is 0 Å². The highest BCUT2D eigenvalue weighted by atomic mass is 32.1. The number of rotatable bonds is 0. The van der Waals surface area contributed by atoms with Crippen LogP contribution in [0.25, 0.3) is 58.3 Å². The van der Waals surface area contributed by atoms with Gasteiger partial charge in [-0.2, -0.15) is 0 Å². The van der Waals surface area contributed by atoms with Crippen LogP contribution < -0.4 is 0 Å². The van der Waals surface area contributed by atoms with Gasteiger partial charge in [0.2, 0.25) is 0 Å². The third-order valence-corrected chi connectivity index (χ3v) is 17.8. The van der Waals surface area contributed by atoms with Crippen molar-refractivity contribution in [3.8, 4) is 0 Å². The van der Waals surface area contributed by atoms with Crippen LogP contribution in [0.1, 0.15) is 100 Å². The molecule has 0 saturated carbocycles. The lowest BCUT2D eigenvalue weighted by Gasteiger charge is -2.64. The van der Waals surface area contributed by atoms with E-state index < -0.39 is 0 Å². The van der Waals surface area contributed by atoms with Crippen LogP contribution >= 0.6 is 11.3 Å². The first-order valence-corrected chi connectivity index (χ1v) is 22.0. The highest BCUT2D eigenvalue weighted by Gasteiger charge is 2.70. The molecular weight excluding hydrogens is 751 g/mol. The zero-order chi connectivity index (χ0) is 38.7. The normalized spacial score (nSPS) is 25.5. The summed E-state index contributed by atoms with van der Waals surface area (Å²) >= 11 is 1.87. The molecule has 0 radical (unpaired) electrons. The molecule has 3 heterocycles. The highest BCUT2D eigenvalue weighted by molar-refractivity contribution is 7.26. The molecule has 8 aromatic carbocycles. The molecule has 6 aliphatic rings. The Morgan fingerprint density at radius 1 is 0.417 bits per heavy atom.